The monoisotopic (exact) mass is 252 g/mol. The molecule has 0 amide bonds. The van der Waals surface area contributed by atoms with Crippen LogP contribution < -0.4 is 5.32 Å². The Morgan fingerprint density at radius 2 is 1.94 bits per heavy atom. The maximum absolute atomic E-state index is 4.77. The number of nitrogens with zero attached hydrogens (tertiary/aromatic N) is 1. The van der Waals surface area contributed by atoms with E-state index in [0.717, 1.165) is 12.5 Å². The highest BCUT2D eigenvalue weighted by molar-refractivity contribution is 7.11. The van der Waals surface area contributed by atoms with Crippen molar-refractivity contribution in [2.24, 2.45) is 0 Å². The molecule has 0 bridgehead atoms. The van der Waals surface area contributed by atoms with Crippen LogP contribution in [0.15, 0.2) is 0 Å². The Kier molecular flexibility index (Phi) is 3.88. The second-order valence-electron chi connectivity index (χ2n) is 6.15. The summed E-state index contributed by atoms with van der Waals surface area (Å²) in [5.41, 5.74) is 1.41. The van der Waals surface area contributed by atoms with Crippen molar-refractivity contribution < 1.29 is 0 Å². The van der Waals surface area contributed by atoms with Crippen LogP contribution in [0, 0.1) is 6.92 Å². The fourth-order valence-electron chi connectivity index (χ4n) is 2.31. The van der Waals surface area contributed by atoms with Gasteiger partial charge < -0.3 is 5.32 Å². The highest BCUT2D eigenvalue weighted by Gasteiger charge is 2.21. The second-order valence-corrected chi connectivity index (χ2v) is 7.26. The smallest absolute Gasteiger partial charge is 0.0962 e. The number of thiazole rings is 1. The number of hydrogen-bond donors (Lipinski definition) is 1. The summed E-state index contributed by atoms with van der Waals surface area (Å²) in [5.74, 6) is 0.752. The Balaban J connectivity index is 2.03. The third kappa shape index (κ3) is 3.52. The molecule has 0 aliphatic heterocycles. The van der Waals surface area contributed by atoms with Gasteiger partial charge in [0.25, 0.3) is 0 Å². The minimum Gasteiger partial charge on any atom is -0.307 e. The third-order valence-electron chi connectivity index (χ3n) is 3.39. The normalized spacial score (nSPS) is 17.9. The van der Waals surface area contributed by atoms with Crippen LogP contribution in [0.4, 0.5) is 0 Å². The van der Waals surface area contributed by atoms with E-state index in [4.69, 9.17) is 4.98 Å². The van der Waals surface area contributed by atoms with Gasteiger partial charge in [0.2, 0.25) is 0 Å². The Bertz CT molecular complexity index is 370. The van der Waals surface area contributed by atoms with E-state index in [1.54, 1.807) is 0 Å². The van der Waals surface area contributed by atoms with Gasteiger partial charge in [-0.3, -0.25) is 0 Å². The van der Waals surface area contributed by atoms with Gasteiger partial charge in [-0.25, -0.2) is 4.98 Å². The van der Waals surface area contributed by atoms with Crippen molar-refractivity contribution in [1.29, 1.82) is 0 Å². The molecule has 2 rings (SSSR count). The van der Waals surface area contributed by atoms with Crippen LogP contribution in [-0.4, -0.2) is 10.5 Å². The van der Waals surface area contributed by atoms with E-state index in [1.165, 1.54) is 41.3 Å². The molecule has 1 saturated carbocycles. The average Bonchev–Trinajstić information content (AvgIpc) is 2.82. The summed E-state index contributed by atoms with van der Waals surface area (Å²) in [4.78, 5) is 6.19. The lowest BCUT2D eigenvalue weighted by Gasteiger charge is -2.19. The molecule has 2 nitrogen and oxygen atoms in total. The van der Waals surface area contributed by atoms with Crippen LogP contribution in [0.1, 0.15) is 68.0 Å². The van der Waals surface area contributed by atoms with E-state index in [0.29, 0.717) is 0 Å². The van der Waals surface area contributed by atoms with Crippen LogP contribution in [0.25, 0.3) is 0 Å². The SMILES string of the molecule is Cc1nc(C2CCCC2)sc1CNC(C)(C)C. The maximum atomic E-state index is 4.77. The minimum atomic E-state index is 0.184. The molecule has 1 heterocycles. The van der Waals surface area contributed by atoms with Gasteiger partial charge in [-0.1, -0.05) is 12.8 Å². The van der Waals surface area contributed by atoms with Crippen LogP contribution in [0.3, 0.4) is 0 Å². The van der Waals surface area contributed by atoms with Gasteiger partial charge in [0.1, 0.15) is 0 Å². The van der Waals surface area contributed by atoms with Gasteiger partial charge >= 0.3 is 0 Å². The van der Waals surface area contributed by atoms with Crippen molar-refractivity contribution >= 4 is 11.3 Å². The Hall–Kier alpha value is -0.410. The summed E-state index contributed by atoms with van der Waals surface area (Å²) in [6, 6.07) is 0. The molecule has 3 heteroatoms. The van der Waals surface area contributed by atoms with E-state index in [9.17, 15) is 0 Å². The lowest BCUT2D eigenvalue weighted by Crippen LogP contribution is -2.34. The number of hydrogen-bond acceptors (Lipinski definition) is 3. The second kappa shape index (κ2) is 5.07. The Morgan fingerprint density at radius 3 is 2.53 bits per heavy atom. The van der Waals surface area contributed by atoms with Crippen molar-refractivity contribution in [3.63, 3.8) is 0 Å². The predicted molar refractivity (Wildman–Crippen MR) is 74.7 cm³/mol. The first kappa shape index (κ1) is 13.0. The van der Waals surface area contributed by atoms with Crippen molar-refractivity contribution in [1.82, 2.24) is 10.3 Å². The molecule has 1 aromatic rings. The van der Waals surface area contributed by atoms with Gasteiger partial charge in [-0.05, 0) is 40.5 Å². The first-order chi connectivity index (χ1) is 7.96. The summed E-state index contributed by atoms with van der Waals surface area (Å²) in [7, 11) is 0. The van der Waals surface area contributed by atoms with Gasteiger partial charge in [-0.2, -0.15) is 0 Å². The van der Waals surface area contributed by atoms with Crippen LogP contribution in [0.5, 0.6) is 0 Å². The molecule has 0 atom stereocenters. The summed E-state index contributed by atoms with van der Waals surface area (Å²) >= 11 is 1.92. The zero-order valence-electron chi connectivity index (χ0n) is 11.5. The number of aryl methyl sites for hydroxylation is 1. The molecule has 96 valence electrons. The lowest BCUT2D eigenvalue weighted by atomic mass is 10.1. The van der Waals surface area contributed by atoms with Crippen LogP contribution in [-0.2, 0) is 6.54 Å². The summed E-state index contributed by atoms with van der Waals surface area (Å²) in [6.07, 6.45) is 5.47. The molecule has 17 heavy (non-hydrogen) atoms. The number of rotatable bonds is 3. The predicted octanol–water partition coefficient (Wildman–Crippen LogP) is 4.00. The molecule has 0 radical (unpaired) electrons. The zero-order chi connectivity index (χ0) is 12.5. The molecule has 1 fully saturated rings. The standard InChI is InChI=1S/C14H24N2S/c1-10-12(9-15-14(2,3)4)17-13(16-10)11-7-5-6-8-11/h11,15H,5-9H2,1-4H3. The van der Waals surface area contributed by atoms with E-state index < -0.39 is 0 Å². The molecule has 0 saturated heterocycles. The molecule has 1 aliphatic rings. The number of nitrogens with one attached hydrogen (secondary N) is 1. The molecule has 1 aliphatic carbocycles. The van der Waals surface area contributed by atoms with Crippen LogP contribution >= 0.6 is 11.3 Å². The first-order valence-electron chi connectivity index (χ1n) is 6.67. The fourth-order valence-corrected chi connectivity index (χ4v) is 3.48. The van der Waals surface area contributed by atoms with Crippen molar-refractivity contribution in [3.05, 3.63) is 15.6 Å². The summed E-state index contributed by atoms with van der Waals surface area (Å²) in [5, 5.41) is 4.93. The van der Waals surface area contributed by atoms with E-state index in [1.807, 2.05) is 11.3 Å². The van der Waals surface area contributed by atoms with Gasteiger partial charge in [0.05, 0.1) is 10.7 Å². The molecule has 1 aromatic heterocycles. The Morgan fingerprint density at radius 1 is 1.29 bits per heavy atom. The van der Waals surface area contributed by atoms with E-state index >= 15 is 0 Å². The molecule has 0 aromatic carbocycles. The average molecular weight is 252 g/mol. The Labute approximate surface area is 109 Å². The largest absolute Gasteiger partial charge is 0.307 e. The highest BCUT2D eigenvalue weighted by atomic mass is 32.1. The third-order valence-corrected chi connectivity index (χ3v) is 4.71. The first-order valence-corrected chi connectivity index (χ1v) is 7.48. The molecule has 0 spiro atoms. The van der Waals surface area contributed by atoms with Gasteiger partial charge in [0.15, 0.2) is 0 Å². The molecule has 1 N–H and O–H groups in total. The van der Waals surface area contributed by atoms with Crippen molar-refractivity contribution in [3.8, 4) is 0 Å². The van der Waals surface area contributed by atoms with Gasteiger partial charge in [0, 0.05) is 22.9 Å². The van der Waals surface area contributed by atoms with E-state index in [2.05, 4.69) is 33.0 Å². The quantitative estimate of drug-likeness (QED) is 0.879. The fraction of sp³-hybridized carbons (Fsp3) is 0.786. The summed E-state index contributed by atoms with van der Waals surface area (Å²) < 4.78 is 0. The lowest BCUT2D eigenvalue weighted by molar-refractivity contribution is 0.425. The molecule has 0 unspecified atom stereocenters. The highest BCUT2D eigenvalue weighted by Crippen LogP contribution is 2.37. The molecular formula is C14H24N2S. The minimum absolute atomic E-state index is 0.184. The van der Waals surface area contributed by atoms with E-state index in [-0.39, 0.29) is 5.54 Å². The number of aromatic nitrogens is 1. The molecular weight excluding hydrogens is 228 g/mol. The van der Waals surface area contributed by atoms with Gasteiger partial charge in [-0.15, -0.1) is 11.3 Å². The van der Waals surface area contributed by atoms with Crippen LogP contribution in [0.2, 0.25) is 0 Å². The topological polar surface area (TPSA) is 24.9 Å². The summed E-state index contributed by atoms with van der Waals surface area (Å²) in [6.45, 7) is 9.73. The zero-order valence-corrected chi connectivity index (χ0v) is 12.3. The van der Waals surface area contributed by atoms with Crippen molar-refractivity contribution in [2.45, 2.75) is 71.4 Å². The van der Waals surface area contributed by atoms with Crippen molar-refractivity contribution in [2.75, 3.05) is 0 Å². The maximum Gasteiger partial charge on any atom is 0.0962 e.